The summed E-state index contributed by atoms with van der Waals surface area (Å²) >= 11 is 0. The van der Waals surface area contributed by atoms with Crippen molar-refractivity contribution in [2.75, 3.05) is 0 Å². The molecule has 90 valence electrons. The van der Waals surface area contributed by atoms with Crippen LogP contribution in [0.4, 0.5) is 0 Å². The van der Waals surface area contributed by atoms with Gasteiger partial charge in [-0.25, -0.2) is 0 Å². The summed E-state index contributed by atoms with van der Waals surface area (Å²) in [5, 5.41) is 0. The summed E-state index contributed by atoms with van der Waals surface area (Å²) in [7, 11) is 0. The van der Waals surface area contributed by atoms with E-state index >= 15 is 0 Å². The Balaban J connectivity index is 3.51. The molecule has 1 rings (SSSR count). The van der Waals surface area contributed by atoms with E-state index in [-0.39, 0.29) is 10.8 Å². The first-order chi connectivity index (χ1) is 7.18. The van der Waals surface area contributed by atoms with Gasteiger partial charge in [0.25, 0.3) is 0 Å². The lowest BCUT2D eigenvalue weighted by atomic mass is 9.74. The maximum Gasteiger partial charge on any atom is 0.0441 e. The van der Waals surface area contributed by atoms with Gasteiger partial charge in [-0.05, 0) is 34.4 Å². The SMILES string of the molecule is CCc1nccc(C(C)(C)C)c1C(C)(C)C. The van der Waals surface area contributed by atoms with Crippen LogP contribution in [0.2, 0.25) is 0 Å². The van der Waals surface area contributed by atoms with Crippen LogP contribution in [0.5, 0.6) is 0 Å². The molecule has 0 unspecified atom stereocenters. The highest BCUT2D eigenvalue weighted by Gasteiger charge is 2.27. The van der Waals surface area contributed by atoms with Gasteiger partial charge in [-0.3, -0.25) is 4.98 Å². The van der Waals surface area contributed by atoms with Crippen molar-refractivity contribution in [2.24, 2.45) is 0 Å². The minimum absolute atomic E-state index is 0.169. The summed E-state index contributed by atoms with van der Waals surface area (Å²) in [5.41, 5.74) is 4.48. The predicted octanol–water partition coefficient (Wildman–Crippen LogP) is 4.24. The Morgan fingerprint density at radius 2 is 1.56 bits per heavy atom. The van der Waals surface area contributed by atoms with Crippen LogP contribution in [0, 0.1) is 0 Å². The highest BCUT2D eigenvalue weighted by Crippen LogP contribution is 2.35. The smallest absolute Gasteiger partial charge is 0.0441 e. The molecule has 1 heteroatoms. The van der Waals surface area contributed by atoms with Crippen molar-refractivity contribution < 1.29 is 0 Å². The summed E-state index contributed by atoms with van der Waals surface area (Å²) in [6, 6.07) is 2.18. The Morgan fingerprint density at radius 3 is 1.94 bits per heavy atom. The van der Waals surface area contributed by atoms with E-state index in [9.17, 15) is 0 Å². The number of nitrogens with zero attached hydrogens (tertiary/aromatic N) is 1. The first-order valence-corrected chi connectivity index (χ1v) is 6.16. The van der Waals surface area contributed by atoms with E-state index < -0.39 is 0 Å². The standard InChI is InChI=1S/C15H25N/c1-8-12-13(15(5,6)7)11(9-10-16-12)14(2,3)4/h9-10H,8H2,1-7H3. The van der Waals surface area contributed by atoms with E-state index in [1.165, 1.54) is 16.8 Å². The van der Waals surface area contributed by atoms with Crippen molar-refractivity contribution in [3.8, 4) is 0 Å². The van der Waals surface area contributed by atoms with E-state index in [0.717, 1.165) is 6.42 Å². The lowest BCUT2D eigenvalue weighted by Crippen LogP contribution is -2.24. The molecule has 0 aliphatic carbocycles. The van der Waals surface area contributed by atoms with Crippen LogP contribution in [0.1, 0.15) is 65.3 Å². The fourth-order valence-corrected chi connectivity index (χ4v) is 2.24. The number of hydrogen-bond donors (Lipinski definition) is 0. The van der Waals surface area contributed by atoms with Crippen molar-refractivity contribution >= 4 is 0 Å². The predicted molar refractivity (Wildman–Crippen MR) is 71.0 cm³/mol. The van der Waals surface area contributed by atoms with Gasteiger partial charge in [-0.15, -0.1) is 0 Å². The van der Waals surface area contributed by atoms with Crippen LogP contribution in [0.15, 0.2) is 12.3 Å². The van der Waals surface area contributed by atoms with Gasteiger partial charge in [0.2, 0.25) is 0 Å². The average Bonchev–Trinajstić information content (AvgIpc) is 2.13. The Kier molecular flexibility index (Phi) is 3.47. The molecule has 1 aromatic heterocycles. The van der Waals surface area contributed by atoms with Crippen LogP contribution >= 0.6 is 0 Å². The molecular weight excluding hydrogens is 194 g/mol. The molecule has 1 aromatic rings. The third-order valence-electron chi connectivity index (χ3n) is 2.92. The van der Waals surface area contributed by atoms with E-state index in [4.69, 9.17) is 0 Å². The zero-order valence-corrected chi connectivity index (χ0v) is 11.8. The maximum absolute atomic E-state index is 4.54. The molecule has 0 aliphatic heterocycles. The van der Waals surface area contributed by atoms with E-state index in [0.29, 0.717) is 0 Å². The summed E-state index contributed by atoms with van der Waals surface area (Å²) in [5.74, 6) is 0. The third kappa shape index (κ3) is 2.63. The zero-order chi connectivity index (χ0) is 12.6. The van der Waals surface area contributed by atoms with E-state index in [2.05, 4.69) is 59.5 Å². The van der Waals surface area contributed by atoms with Gasteiger partial charge in [-0.1, -0.05) is 48.5 Å². The lowest BCUT2D eigenvalue weighted by Gasteiger charge is -2.31. The van der Waals surface area contributed by atoms with E-state index in [1.807, 2.05) is 6.20 Å². The number of aryl methyl sites for hydroxylation is 1. The molecule has 0 radical (unpaired) electrons. The zero-order valence-electron chi connectivity index (χ0n) is 11.8. The van der Waals surface area contributed by atoms with Crippen molar-refractivity contribution in [1.82, 2.24) is 4.98 Å². The quantitative estimate of drug-likeness (QED) is 0.688. The second kappa shape index (κ2) is 4.20. The lowest BCUT2D eigenvalue weighted by molar-refractivity contribution is 0.521. The topological polar surface area (TPSA) is 12.9 Å². The highest BCUT2D eigenvalue weighted by molar-refractivity contribution is 5.40. The molecular formula is C15H25N. The second-order valence-corrected chi connectivity index (χ2v) is 6.53. The Labute approximate surface area is 100 Å². The summed E-state index contributed by atoms with van der Waals surface area (Å²) in [6.07, 6.45) is 2.96. The average molecular weight is 219 g/mol. The minimum atomic E-state index is 0.169. The normalized spacial score (nSPS) is 12.9. The number of rotatable bonds is 1. The second-order valence-electron chi connectivity index (χ2n) is 6.53. The van der Waals surface area contributed by atoms with Gasteiger partial charge >= 0.3 is 0 Å². The molecule has 0 N–H and O–H groups in total. The van der Waals surface area contributed by atoms with Crippen molar-refractivity contribution in [1.29, 1.82) is 0 Å². The fraction of sp³-hybridized carbons (Fsp3) is 0.667. The molecule has 0 spiro atoms. The summed E-state index contributed by atoms with van der Waals surface area (Å²) in [4.78, 5) is 4.54. The van der Waals surface area contributed by atoms with Crippen LogP contribution in [-0.4, -0.2) is 4.98 Å². The van der Waals surface area contributed by atoms with Gasteiger partial charge in [0, 0.05) is 11.9 Å². The first kappa shape index (κ1) is 13.2. The molecule has 0 atom stereocenters. The molecule has 0 amide bonds. The molecule has 0 aliphatic rings. The largest absolute Gasteiger partial charge is 0.261 e. The monoisotopic (exact) mass is 219 g/mol. The molecule has 0 fully saturated rings. The molecule has 0 saturated carbocycles. The van der Waals surface area contributed by atoms with Crippen molar-refractivity contribution in [2.45, 2.75) is 65.7 Å². The van der Waals surface area contributed by atoms with Crippen LogP contribution < -0.4 is 0 Å². The Morgan fingerprint density at radius 1 is 1.00 bits per heavy atom. The van der Waals surface area contributed by atoms with Gasteiger partial charge in [0.15, 0.2) is 0 Å². The molecule has 1 heterocycles. The van der Waals surface area contributed by atoms with Crippen LogP contribution in [0.3, 0.4) is 0 Å². The fourth-order valence-electron chi connectivity index (χ4n) is 2.24. The van der Waals surface area contributed by atoms with Gasteiger partial charge in [0.05, 0.1) is 0 Å². The van der Waals surface area contributed by atoms with Gasteiger partial charge in [0.1, 0.15) is 0 Å². The number of pyridine rings is 1. The molecule has 0 aromatic carbocycles. The highest BCUT2D eigenvalue weighted by atomic mass is 14.7. The Bertz CT molecular complexity index is 364. The molecule has 0 saturated heterocycles. The third-order valence-corrected chi connectivity index (χ3v) is 2.92. The van der Waals surface area contributed by atoms with Crippen LogP contribution in [-0.2, 0) is 17.3 Å². The van der Waals surface area contributed by atoms with Gasteiger partial charge in [-0.2, -0.15) is 0 Å². The molecule has 0 bridgehead atoms. The van der Waals surface area contributed by atoms with Gasteiger partial charge < -0.3 is 0 Å². The minimum Gasteiger partial charge on any atom is -0.261 e. The molecule has 16 heavy (non-hydrogen) atoms. The Hall–Kier alpha value is -0.850. The summed E-state index contributed by atoms with van der Waals surface area (Å²) in [6.45, 7) is 15.8. The van der Waals surface area contributed by atoms with Crippen molar-refractivity contribution in [3.63, 3.8) is 0 Å². The number of aromatic nitrogens is 1. The summed E-state index contributed by atoms with van der Waals surface area (Å²) < 4.78 is 0. The van der Waals surface area contributed by atoms with E-state index in [1.54, 1.807) is 0 Å². The maximum atomic E-state index is 4.54. The first-order valence-electron chi connectivity index (χ1n) is 6.16. The van der Waals surface area contributed by atoms with Crippen molar-refractivity contribution in [3.05, 3.63) is 29.1 Å². The van der Waals surface area contributed by atoms with Crippen LogP contribution in [0.25, 0.3) is 0 Å². The molecule has 1 nitrogen and oxygen atoms in total. The number of hydrogen-bond acceptors (Lipinski definition) is 1.